The van der Waals surface area contributed by atoms with Crippen molar-refractivity contribution in [2.75, 3.05) is 0 Å². The Kier molecular flexibility index (Phi) is 6.81. The van der Waals surface area contributed by atoms with Crippen LogP contribution in [0.2, 0.25) is 0 Å². The molecule has 2 aromatic carbocycles. The maximum Gasteiger partial charge on any atom is 0.319 e. The molecule has 15 heteroatoms. The first-order chi connectivity index (χ1) is 13.9. The number of nitrogens with two attached hydrogens (primary N) is 1. The van der Waals surface area contributed by atoms with Crippen molar-refractivity contribution >= 4 is 49.6 Å². The summed E-state index contributed by atoms with van der Waals surface area (Å²) in [6, 6.07) is 7.60. The highest BCUT2D eigenvalue weighted by molar-refractivity contribution is 9.10. The van der Waals surface area contributed by atoms with Gasteiger partial charge in [-0.25, -0.2) is 0 Å². The second-order valence-corrected chi connectivity index (χ2v) is 7.97. The van der Waals surface area contributed by atoms with E-state index in [2.05, 4.69) is 25.3 Å². The summed E-state index contributed by atoms with van der Waals surface area (Å²) in [5, 5.41) is 33.5. The van der Waals surface area contributed by atoms with Gasteiger partial charge >= 0.3 is 10.1 Å². The third-order valence-corrected chi connectivity index (χ3v) is 5.33. The van der Waals surface area contributed by atoms with E-state index in [1.54, 1.807) is 6.92 Å². The van der Waals surface area contributed by atoms with Crippen LogP contribution in [0.15, 0.2) is 50.9 Å². The fraction of sp³-hybridized carbons (Fsp3) is 0.0667. The Bertz CT molecular complexity index is 1150. The van der Waals surface area contributed by atoms with E-state index in [4.69, 9.17) is 11.1 Å². The lowest BCUT2D eigenvalue weighted by atomic mass is 10.1. The van der Waals surface area contributed by atoms with E-state index in [1.165, 1.54) is 24.3 Å². The van der Waals surface area contributed by atoms with Crippen LogP contribution in [-0.4, -0.2) is 35.6 Å². The second-order valence-electron chi connectivity index (χ2n) is 5.59. The number of nitro benzene ring substituents is 2. The summed E-state index contributed by atoms with van der Waals surface area (Å²) < 4.78 is 29.3. The summed E-state index contributed by atoms with van der Waals surface area (Å²) >= 11 is 2.92. The first-order valence-electron chi connectivity index (χ1n) is 7.74. The Labute approximate surface area is 177 Å². The molecule has 0 amide bonds. The number of nitrogens with one attached hydrogen (secondary N) is 1. The summed E-state index contributed by atoms with van der Waals surface area (Å²) in [5.74, 6) is -0.998. The van der Waals surface area contributed by atoms with Crippen LogP contribution in [0.25, 0.3) is 0 Å². The van der Waals surface area contributed by atoms with Crippen LogP contribution >= 0.6 is 15.9 Å². The number of rotatable bonds is 7. The Hall–Kier alpha value is -3.43. The van der Waals surface area contributed by atoms with E-state index >= 15 is 0 Å². The van der Waals surface area contributed by atoms with Gasteiger partial charge in [-0.05, 0) is 41.1 Å². The van der Waals surface area contributed by atoms with Gasteiger partial charge in [0.1, 0.15) is 0 Å². The van der Waals surface area contributed by atoms with Crippen LogP contribution in [0, 0.1) is 32.6 Å². The number of nitro groups is 2. The van der Waals surface area contributed by atoms with Crippen LogP contribution in [0.5, 0.6) is 0 Å². The molecule has 0 saturated heterocycles. The molecule has 158 valence electrons. The van der Waals surface area contributed by atoms with Gasteiger partial charge < -0.3 is 5.73 Å². The molecule has 13 nitrogen and oxygen atoms in total. The van der Waals surface area contributed by atoms with Crippen LogP contribution in [0.3, 0.4) is 0 Å². The molecule has 3 N–H and O–H groups in total. The van der Waals surface area contributed by atoms with Gasteiger partial charge in [0.15, 0.2) is 5.56 Å². The number of halogens is 1. The predicted octanol–water partition coefficient (Wildman–Crippen LogP) is 2.42. The minimum atomic E-state index is -4.47. The zero-order chi connectivity index (χ0) is 22.6. The zero-order valence-corrected chi connectivity index (χ0v) is 17.5. The average Bonchev–Trinajstić information content (AvgIpc) is 2.64. The largest absolute Gasteiger partial charge is 0.367 e. The standard InChI is InChI=1S/C15H13BrN6O7S/c1-9-2-4-10(5-3-9)30(27,28)29-20(15(17)18)19-8-11-13(21(23)24)7-6-12(16)14(11)22(25)26/h2-8H,1H3,(H3,17,18). The smallest absolute Gasteiger partial charge is 0.319 e. The molecule has 2 aromatic rings. The highest BCUT2D eigenvalue weighted by Crippen LogP contribution is 2.34. The van der Waals surface area contributed by atoms with Gasteiger partial charge in [0.05, 0.1) is 25.4 Å². The fourth-order valence-corrected chi connectivity index (χ4v) is 3.47. The van der Waals surface area contributed by atoms with Gasteiger partial charge in [0.25, 0.3) is 11.4 Å². The molecule has 0 unspecified atom stereocenters. The summed E-state index contributed by atoms with van der Waals surface area (Å²) in [5.41, 5.74) is 4.10. The molecule has 0 saturated carbocycles. The number of hydrogen-bond acceptors (Lipinski definition) is 9. The molecule has 0 aliphatic rings. The highest BCUT2D eigenvalue weighted by atomic mass is 79.9. The van der Waals surface area contributed by atoms with Crippen LogP contribution in [-0.2, 0) is 14.4 Å². The van der Waals surface area contributed by atoms with E-state index in [0.29, 0.717) is 6.21 Å². The average molecular weight is 501 g/mol. The first kappa shape index (κ1) is 22.9. The quantitative estimate of drug-likeness (QED) is 0.248. The normalized spacial score (nSPS) is 11.4. The van der Waals surface area contributed by atoms with Crippen LogP contribution in [0.4, 0.5) is 11.4 Å². The van der Waals surface area contributed by atoms with Gasteiger partial charge in [0.2, 0.25) is 5.96 Å². The van der Waals surface area contributed by atoms with E-state index in [9.17, 15) is 28.6 Å². The molecule has 0 aromatic heterocycles. The number of hydrogen-bond donors (Lipinski definition) is 2. The van der Waals surface area contributed by atoms with Crippen molar-refractivity contribution in [3.63, 3.8) is 0 Å². The summed E-state index contributed by atoms with van der Waals surface area (Å²) in [6.07, 6.45) is 0.604. The van der Waals surface area contributed by atoms with Crippen molar-refractivity contribution in [2.45, 2.75) is 11.8 Å². The molecule has 0 atom stereocenters. The second kappa shape index (κ2) is 8.93. The van der Waals surface area contributed by atoms with Crippen LogP contribution in [0.1, 0.15) is 11.1 Å². The number of hydrazone groups is 1. The van der Waals surface area contributed by atoms with Gasteiger partial charge in [-0.1, -0.05) is 22.9 Å². The van der Waals surface area contributed by atoms with Crippen molar-refractivity contribution in [1.29, 1.82) is 5.41 Å². The number of aryl methyl sites for hydroxylation is 1. The molecule has 0 bridgehead atoms. The van der Waals surface area contributed by atoms with Gasteiger partial charge in [0, 0.05) is 6.07 Å². The molecular formula is C15H13BrN6O7S. The Balaban J connectivity index is 2.48. The SMILES string of the molecule is Cc1ccc(S(=O)(=O)ON(N=Cc2c([N+](=O)[O-])ccc(Br)c2[N+](=O)[O-])C(=N)N)cc1. The minimum absolute atomic E-state index is 0.0591. The minimum Gasteiger partial charge on any atom is -0.367 e. The van der Waals surface area contributed by atoms with Gasteiger partial charge in [-0.15, -0.1) is 9.39 Å². The Morgan fingerprint density at radius 1 is 1.20 bits per heavy atom. The third-order valence-electron chi connectivity index (χ3n) is 3.50. The lowest BCUT2D eigenvalue weighted by Crippen LogP contribution is -2.34. The summed E-state index contributed by atoms with van der Waals surface area (Å²) in [7, 11) is -4.47. The molecule has 0 radical (unpaired) electrons. The Morgan fingerprint density at radius 3 is 2.30 bits per heavy atom. The zero-order valence-electron chi connectivity index (χ0n) is 15.1. The third kappa shape index (κ3) is 5.13. The summed E-state index contributed by atoms with van der Waals surface area (Å²) in [6.45, 7) is 1.74. The molecule has 0 heterocycles. The number of benzene rings is 2. The monoisotopic (exact) mass is 500 g/mol. The lowest BCUT2D eigenvalue weighted by molar-refractivity contribution is -0.394. The molecule has 0 fully saturated rings. The number of nitrogens with zero attached hydrogens (tertiary/aromatic N) is 4. The maximum atomic E-state index is 12.4. The Morgan fingerprint density at radius 2 is 1.80 bits per heavy atom. The highest BCUT2D eigenvalue weighted by Gasteiger charge is 2.28. The first-order valence-corrected chi connectivity index (χ1v) is 9.95. The van der Waals surface area contributed by atoms with E-state index in [-0.39, 0.29) is 14.5 Å². The molecule has 30 heavy (non-hydrogen) atoms. The molecule has 0 aliphatic heterocycles. The number of hydroxylamine groups is 1. The van der Waals surface area contributed by atoms with E-state index in [0.717, 1.165) is 17.7 Å². The van der Waals surface area contributed by atoms with E-state index < -0.39 is 42.9 Å². The number of guanidine groups is 1. The van der Waals surface area contributed by atoms with Crippen molar-refractivity contribution in [1.82, 2.24) is 5.17 Å². The topological polar surface area (TPSA) is 195 Å². The molecule has 0 aliphatic carbocycles. The van der Waals surface area contributed by atoms with Crippen molar-refractivity contribution < 1.29 is 22.5 Å². The molecule has 0 spiro atoms. The van der Waals surface area contributed by atoms with Crippen molar-refractivity contribution in [3.05, 3.63) is 72.2 Å². The molecule has 2 rings (SSSR count). The predicted molar refractivity (Wildman–Crippen MR) is 108 cm³/mol. The van der Waals surface area contributed by atoms with Gasteiger partial charge in [-0.2, -0.15) is 8.42 Å². The maximum absolute atomic E-state index is 12.4. The lowest BCUT2D eigenvalue weighted by Gasteiger charge is -2.15. The molecular weight excluding hydrogens is 488 g/mol. The van der Waals surface area contributed by atoms with Crippen molar-refractivity contribution in [2.24, 2.45) is 10.8 Å². The van der Waals surface area contributed by atoms with Crippen molar-refractivity contribution in [3.8, 4) is 0 Å². The summed E-state index contributed by atoms with van der Waals surface area (Å²) in [4.78, 5) is 20.5. The van der Waals surface area contributed by atoms with E-state index in [1.807, 2.05) is 0 Å². The fourth-order valence-electron chi connectivity index (χ4n) is 2.12. The van der Waals surface area contributed by atoms with Crippen LogP contribution < -0.4 is 5.73 Å². The van der Waals surface area contributed by atoms with Gasteiger partial charge in [-0.3, -0.25) is 25.6 Å².